The molecule has 0 radical (unpaired) electrons. The lowest BCUT2D eigenvalue weighted by Gasteiger charge is -2.08. The Kier molecular flexibility index (Phi) is 4.92. The maximum Gasteiger partial charge on any atom is 0.137 e. The number of aliphatic hydroxyl groups is 1. The molecule has 0 aliphatic rings. The van der Waals surface area contributed by atoms with Crippen LogP contribution in [0, 0.1) is 0 Å². The number of rotatable bonds is 7. The highest BCUT2D eigenvalue weighted by molar-refractivity contribution is 5.91. The number of benzene rings is 1. The minimum Gasteiger partial charge on any atom is -0.399 e. The average Bonchev–Trinajstić information content (AvgIpc) is 2.43. The number of anilines is 2. The van der Waals surface area contributed by atoms with E-state index in [2.05, 4.69) is 15.3 Å². The van der Waals surface area contributed by atoms with Crippen LogP contribution in [0.25, 0.3) is 10.9 Å². The molecule has 0 saturated heterocycles. The summed E-state index contributed by atoms with van der Waals surface area (Å²) >= 11 is 0. The second kappa shape index (κ2) is 6.89. The van der Waals surface area contributed by atoms with Gasteiger partial charge in [-0.1, -0.05) is 12.8 Å². The maximum absolute atomic E-state index is 8.70. The number of hydrogen-bond donors (Lipinski definition) is 3. The molecular weight excluding hydrogens is 240 g/mol. The summed E-state index contributed by atoms with van der Waals surface area (Å²) in [6, 6.07) is 5.64. The topological polar surface area (TPSA) is 84.1 Å². The van der Waals surface area contributed by atoms with Crippen molar-refractivity contribution in [3.63, 3.8) is 0 Å². The van der Waals surface area contributed by atoms with Gasteiger partial charge in [-0.25, -0.2) is 9.97 Å². The molecule has 0 bridgehead atoms. The molecule has 1 aromatic carbocycles. The largest absolute Gasteiger partial charge is 0.399 e. The molecule has 0 atom stereocenters. The van der Waals surface area contributed by atoms with Crippen molar-refractivity contribution >= 4 is 22.4 Å². The van der Waals surface area contributed by atoms with E-state index >= 15 is 0 Å². The van der Waals surface area contributed by atoms with Gasteiger partial charge in [0.25, 0.3) is 0 Å². The van der Waals surface area contributed by atoms with Gasteiger partial charge in [0.2, 0.25) is 0 Å². The van der Waals surface area contributed by atoms with Crippen LogP contribution in [0.4, 0.5) is 11.5 Å². The summed E-state index contributed by atoms with van der Waals surface area (Å²) in [5, 5.41) is 13.0. The molecule has 0 amide bonds. The van der Waals surface area contributed by atoms with Crippen LogP contribution < -0.4 is 11.1 Å². The molecule has 5 heteroatoms. The number of aromatic nitrogens is 2. The zero-order valence-electron chi connectivity index (χ0n) is 11.0. The van der Waals surface area contributed by atoms with E-state index in [-0.39, 0.29) is 6.61 Å². The van der Waals surface area contributed by atoms with E-state index in [0.717, 1.165) is 48.9 Å². The van der Waals surface area contributed by atoms with Crippen molar-refractivity contribution in [3.05, 3.63) is 24.5 Å². The molecule has 1 aromatic heterocycles. The molecule has 5 nitrogen and oxygen atoms in total. The van der Waals surface area contributed by atoms with Gasteiger partial charge < -0.3 is 16.2 Å². The van der Waals surface area contributed by atoms with Crippen LogP contribution >= 0.6 is 0 Å². The van der Waals surface area contributed by atoms with Crippen molar-refractivity contribution in [2.75, 3.05) is 24.2 Å². The predicted octanol–water partition coefficient (Wildman–Crippen LogP) is 2.18. The summed E-state index contributed by atoms with van der Waals surface area (Å²) in [6.07, 6.45) is 5.68. The van der Waals surface area contributed by atoms with Crippen LogP contribution in [-0.4, -0.2) is 28.2 Å². The zero-order chi connectivity index (χ0) is 13.5. The minimum absolute atomic E-state index is 0.281. The third-order valence-corrected chi connectivity index (χ3v) is 3.04. The molecule has 0 unspecified atom stereocenters. The fraction of sp³-hybridized carbons (Fsp3) is 0.429. The van der Waals surface area contributed by atoms with Crippen molar-refractivity contribution in [1.29, 1.82) is 0 Å². The van der Waals surface area contributed by atoms with Gasteiger partial charge in [-0.05, 0) is 31.0 Å². The van der Waals surface area contributed by atoms with E-state index < -0.39 is 0 Å². The Balaban J connectivity index is 1.95. The van der Waals surface area contributed by atoms with Gasteiger partial charge in [0.1, 0.15) is 12.1 Å². The first-order chi connectivity index (χ1) is 9.31. The Morgan fingerprint density at radius 1 is 1.11 bits per heavy atom. The summed E-state index contributed by atoms with van der Waals surface area (Å²) in [5.41, 5.74) is 7.41. The highest BCUT2D eigenvalue weighted by atomic mass is 16.2. The van der Waals surface area contributed by atoms with E-state index in [4.69, 9.17) is 10.8 Å². The first kappa shape index (κ1) is 13.5. The molecule has 0 saturated carbocycles. The maximum atomic E-state index is 8.70. The Morgan fingerprint density at radius 3 is 2.79 bits per heavy atom. The van der Waals surface area contributed by atoms with E-state index in [1.165, 1.54) is 0 Å². The van der Waals surface area contributed by atoms with Crippen molar-refractivity contribution in [2.45, 2.75) is 25.7 Å². The molecule has 19 heavy (non-hydrogen) atoms. The second-order valence-electron chi connectivity index (χ2n) is 4.56. The number of nitrogens with one attached hydrogen (secondary N) is 1. The molecule has 2 rings (SSSR count). The lowest BCUT2D eigenvalue weighted by atomic mass is 10.2. The first-order valence-electron chi connectivity index (χ1n) is 6.66. The molecule has 102 valence electrons. The Hall–Kier alpha value is -1.88. The van der Waals surface area contributed by atoms with Crippen LogP contribution in [0.15, 0.2) is 24.5 Å². The molecule has 0 spiro atoms. The Morgan fingerprint density at radius 2 is 1.95 bits per heavy atom. The van der Waals surface area contributed by atoms with Crippen LogP contribution in [-0.2, 0) is 0 Å². The average molecular weight is 260 g/mol. The fourth-order valence-corrected chi connectivity index (χ4v) is 2.01. The van der Waals surface area contributed by atoms with Gasteiger partial charge in [-0.2, -0.15) is 0 Å². The third-order valence-electron chi connectivity index (χ3n) is 3.04. The van der Waals surface area contributed by atoms with Crippen molar-refractivity contribution in [2.24, 2.45) is 0 Å². The summed E-state index contributed by atoms with van der Waals surface area (Å²) in [5.74, 6) is 0.833. The van der Waals surface area contributed by atoms with Crippen LogP contribution in [0.1, 0.15) is 25.7 Å². The number of unbranched alkanes of at least 4 members (excludes halogenated alkanes) is 3. The standard InChI is InChI=1S/C14H20N4O/c15-11-5-6-13-12(9-11)14(18-10-17-13)16-7-3-1-2-4-8-19/h5-6,9-10,19H,1-4,7-8,15H2,(H,16,17,18). The van der Waals surface area contributed by atoms with Crippen molar-refractivity contribution in [1.82, 2.24) is 9.97 Å². The molecule has 0 aliphatic heterocycles. The molecule has 4 N–H and O–H groups in total. The number of fused-ring (bicyclic) bond motifs is 1. The predicted molar refractivity (Wildman–Crippen MR) is 78.0 cm³/mol. The zero-order valence-corrected chi connectivity index (χ0v) is 11.0. The van der Waals surface area contributed by atoms with Crippen LogP contribution in [0.2, 0.25) is 0 Å². The molecule has 2 aromatic rings. The van der Waals surface area contributed by atoms with E-state index in [9.17, 15) is 0 Å². The van der Waals surface area contributed by atoms with Gasteiger partial charge in [0.15, 0.2) is 0 Å². The van der Waals surface area contributed by atoms with Gasteiger partial charge in [-0.15, -0.1) is 0 Å². The minimum atomic E-state index is 0.281. The monoisotopic (exact) mass is 260 g/mol. The molecule has 1 heterocycles. The molecule has 0 aliphatic carbocycles. The van der Waals surface area contributed by atoms with Gasteiger partial charge >= 0.3 is 0 Å². The number of nitrogens with two attached hydrogens (primary N) is 1. The van der Waals surface area contributed by atoms with Crippen LogP contribution in [0.3, 0.4) is 0 Å². The van der Waals surface area contributed by atoms with Gasteiger partial charge in [0.05, 0.1) is 5.52 Å². The number of nitrogens with zero attached hydrogens (tertiary/aromatic N) is 2. The number of hydrogen-bond acceptors (Lipinski definition) is 5. The highest BCUT2D eigenvalue weighted by Crippen LogP contribution is 2.21. The summed E-state index contributed by atoms with van der Waals surface area (Å²) in [4.78, 5) is 8.48. The smallest absolute Gasteiger partial charge is 0.137 e. The molecule has 0 fully saturated rings. The first-order valence-corrected chi connectivity index (χ1v) is 6.66. The number of aliphatic hydroxyl groups excluding tert-OH is 1. The highest BCUT2D eigenvalue weighted by Gasteiger charge is 2.03. The quantitative estimate of drug-likeness (QED) is 0.525. The second-order valence-corrected chi connectivity index (χ2v) is 4.56. The van der Waals surface area contributed by atoms with Crippen LogP contribution in [0.5, 0.6) is 0 Å². The van der Waals surface area contributed by atoms with E-state index in [1.807, 2.05) is 18.2 Å². The van der Waals surface area contributed by atoms with Crippen molar-refractivity contribution in [3.8, 4) is 0 Å². The SMILES string of the molecule is Nc1ccc2ncnc(NCCCCCCO)c2c1. The summed E-state index contributed by atoms with van der Waals surface area (Å²) in [6.45, 7) is 1.15. The van der Waals surface area contributed by atoms with Gasteiger partial charge in [0, 0.05) is 24.2 Å². The Bertz CT molecular complexity index is 530. The van der Waals surface area contributed by atoms with Crippen molar-refractivity contribution < 1.29 is 5.11 Å². The van der Waals surface area contributed by atoms with E-state index in [1.54, 1.807) is 6.33 Å². The summed E-state index contributed by atoms with van der Waals surface area (Å²) < 4.78 is 0. The lowest BCUT2D eigenvalue weighted by Crippen LogP contribution is -2.04. The Labute approximate surface area is 112 Å². The van der Waals surface area contributed by atoms with Gasteiger partial charge in [-0.3, -0.25) is 0 Å². The fourth-order valence-electron chi connectivity index (χ4n) is 2.01. The molecular formula is C14H20N4O. The van der Waals surface area contributed by atoms with E-state index in [0.29, 0.717) is 5.69 Å². The normalized spacial score (nSPS) is 10.8. The lowest BCUT2D eigenvalue weighted by molar-refractivity contribution is 0.283. The number of nitrogen functional groups attached to an aromatic ring is 1. The summed E-state index contributed by atoms with van der Waals surface area (Å²) in [7, 11) is 0. The third kappa shape index (κ3) is 3.79.